The second-order valence-corrected chi connectivity index (χ2v) is 13.4. The van der Waals surface area contributed by atoms with Gasteiger partial charge in [0.05, 0.1) is 49.3 Å². The van der Waals surface area contributed by atoms with E-state index in [2.05, 4.69) is 27.6 Å². The molecule has 2 heterocycles. The summed E-state index contributed by atoms with van der Waals surface area (Å²) in [4.78, 5) is 44.7. The smallest absolute Gasteiger partial charge is 0.343 e. The van der Waals surface area contributed by atoms with Crippen molar-refractivity contribution in [1.82, 2.24) is 4.57 Å². The van der Waals surface area contributed by atoms with Crippen LogP contribution in [0.1, 0.15) is 43.5 Å². The number of hydrogen-bond donors (Lipinski definition) is 0. The van der Waals surface area contributed by atoms with E-state index in [0.29, 0.717) is 60.8 Å². The molecule has 0 spiro atoms. The van der Waals surface area contributed by atoms with Crippen LogP contribution in [0.2, 0.25) is 5.02 Å². The van der Waals surface area contributed by atoms with Gasteiger partial charge in [-0.25, -0.2) is 14.6 Å². The van der Waals surface area contributed by atoms with Crippen LogP contribution in [0.25, 0.3) is 6.08 Å². The van der Waals surface area contributed by atoms with Gasteiger partial charge in [-0.05, 0) is 85.3 Å². The van der Waals surface area contributed by atoms with Crippen LogP contribution in [0.4, 0.5) is 0 Å². The third kappa shape index (κ3) is 8.00. The molecule has 50 heavy (non-hydrogen) atoms. The highest BCUT2D eigenvalue weighted by atomic mass is 127. The number of esters is 2. The van der Waals surface area contributed by atoms with Crippen molar-refractivity contribution in [2.24, 2.45) is 4.99 Å². The zero-order chi connectivity index (χ0) is 35.9. The molecule has 0 bridgehead atoms. The van der Waals surface area contributed by atoms with E-state index >= 15 is 0 Å². The van der Waals surface area contributed by atoms with Crippen molar-refractivity contribution in [1.29, 1.82) is 0 Å². The second-order valence-electron chi connectivity index (χ2n) is 10.7. The zero-order valence-electron chi connectivity index (χ0n) is 27.9. The minimum atomic E-state index is -0.914. The summed E-state index contributed by atoms with van der Waals surface area (Å²) in [7, 11) is 2.82. The Hall–Kier alpha value is -4.34. The average Bonchev–Trinajstić information content (AvgIpc) is 3.40. The normalized spacial score (nSPS) is 14.1. The topological polar surface area (TPSA) is 124 Å². The van der Waals surface area contributed by atoms with Crippen LogP contribution in [0.3, 0.4) is 0 Å². The zero-order valence-corrected chi connectivity index (χ0v) is 31.6. The molecule has 5 rings (SSSR count). The number of fused-ring (bicyclic) bond motifs is 1. The molecule has 1 aromatic heterocycles. The molecule has 0 amide bonds. The predicted molar refractivity (Wildman–Crippen MR) is 197 cm³/mol. The fraction of sp³-hybridized carbons (Fsp3) is 0.278. The van der Waals surface area contributed by atoms with E-state index in [1.165, 1.54) is 23.0 Å². The number of thiazole rings is 1. The van der Waals surface area contributed by atoms with Crippen molar-refractivity contribution in [3.8, 4) is 23.0 Å². The number of rotatable bonds is 13. The molecule has 0 radical (unpaired) electrons. The summed E-state index contributed by atoms with van der Waals surface area (Å²) in [6, 6.07) is 15.2. The van der Waals surface area contributed by atoms with Crippen LogP contribution in [-0.2, 0) is 25.7 Å². The predicted octanol–water partition coefficient (Wildman–Crippen LogP) is 5.59. The van der Waals surface area contributed by atoms with Crippen molar-refractivity contribution in [2.45, 2.75) is 33.4 Å². The fourth-order valence-electron chi connectivity index (χ4n) is 5.29. The number of hydrogen-bond acceptors (Lipinski definition) is 11. The number of benzene rings is 3. The number of halogens is 2. The maximum Gasteiger partial charge on any atom is 0.343 e. The summed E-state index contributed by atoms with van der Waals surface area (Å²) in [6.45, 7) is 5.48. The van der Waals surface area contributed by atoms with Crippen LogP contribution in [0.5, 0.6) is 23.0 Å². The first-order valence-corrected chi connectivity index (χ1v) is 17.8. The first-order chi connectivity index (χ1) is 24.1. The number of carbonyl (C=O) groups is 2. The van der Waals surface area contributed by atoms with Gasteiger partial charge in [0, 0.05) is 19.7 Å². The van der Waals surface area contributed by atoms with Gasteiger partial charge < -0.3 is 28.4 Å². The van der Waals surface area contributed by atoms with Gasteiger partial charge in [0.2, 0.25) is 0 Å². The van der Waals surface area contributed by atoms with Gasteiger partial charge in [-0.15, -0.1) is 0 Å². The summed E-state index contributed by atoms with van der Waals surface area (Å²) in [6.07, 6.45) is 1.73. The van der Waals surface area contributed by atoms with Crippen LogP contribution in [0.15, 0.2) is 75.7 Å². The number of methoxy groups -OCH3 is 2. The lowest BCUT2D eigenvalue weighted by Crippen LogP contribution is -2.40. The van der Waals surface area contributed by atoms with E-state index in [1.807, 2.05) is 30.3 Å². The molecular weight excluding hydrogens is 799 g/mol. The maximum absolute atomic E-state index is 14.4. The molecular formula is C36H34ClIN2O9S. The Labute approximate surface area is 310 Å². The molecule has 0 unspecified atom stereocenters. The molecule has 0 aliphatic carbocycles. The van der Waals surface area contributed by atoms with Crippen molar-refractivity contribution < 1.29 is 38.0 Å². The van der Waals surface area contributed by atoms with Crippen molar-refractivity contribution in [3.63, 3.8) is 0 Å². The number of carbonyl (C=O) groups excluding carboxylic acids is 2. The number of ether oxygens (including phenoxy) is 6. The molecule has 0 saturated carbocycles. The molecule has 1 aliphatic heterocycles. The van der Waals surface area contributed by atoms with E-state index in [1.54, 1.807) is 58.2 Å². The largest absolute Gasteiger partial charge is 0.493 e. The average molecular weight is 833 g/mol. The third-order valence-corrected chi connectivity index (χ3v) is 9.53. The van der Waals surface area contributed by atoms with Crippen molar-refractivity contribution >= 4 is 63.5 Å². The highest BCUT2D eigenvalue weighted by Gasteiger charge is 2.34. The maximum atomic E-state index is 14.4. The van der Waals surface area contributed by atoms with Gasteiger partial charge in [0.15, 0.2) is 34.4 Å². The quantitative estimate of drug-likeness (QED) is 0.125. The molecule has 11 nitrogen and oxygen atoms in total. The van der Waals surface area contributed by atoms with E-state index in [9.17, 15) is 14.4 Å². The van der Waals surface area contributed by atoms with Crippen LogP contribution >= 0.6 is 45.5 Å². The molecule has 0 N–H and O–H groups in total. The highest BCUT2D eigenvalue weighted by molar-refractivity contribution is 14.1. The molecule has 0 fully saturated rings. The molecule has 1 atom stereocenters. The monoisotopic (exact) mass is 832 g/mol. The lowest BCUT2D eigenvalue weighted by atomic mass is 9.95. The Morgan fingerprint density at radius 3 is 2.48 bits per heavy atom. The van der Waals surface area contributed by atoms with Crippen LogP contribution in [-0.4, -0.2) is 50.5 Å². The molecule has 262 valence electrons. The van der Waals surface area contributed by atoms with Gasteiger partial charge in [0.25, 0.3) is 5.56 Å². The standard InChI is InChI=1S/C36H34ClIN2O9S/c1-6-46-27-15-21(12-13-26(27)48-19-30(41)45-5)32-31(35(43)47-7-2)20(3)39-36-40(32)34(42)29(50-36)16-23-14-24(38)17-28(44-4)33(23)49-18-22-10-8-9-11-25(22)37/h8-17,32H,6-7,18-19H2,1-5H3/b29-16+/t32-/m1/s1. The van der Waals surface area contributed by atoms with Gasteiger partial charge >= 0.3 is 11.9 Å². The van der Waals surface area contributed by atoms with E-state index in [4.69, 9.17) is 40.0 Å². The second kappa shape index (κ2) is 16.6. The lowest BCUT2D eigenvalue weighted by molar-refractivity contribution is -0.143. The molecule has 1 aliphatic rings. The molecule has 4 aromatic rings. The van der Waals surface area contributed by atoms with E-state index in [-0.39, 0.29) is 31.0 Å². The van der Waals surface area contributed by atoms with Gasteiger partial charge in [0.1, 0.15) is 6.61 Å². The van der Waals surface area contributed by atoms with E-state index in [0.717, 1.165) is 9.13 Å². The Bertz CT molecular complexity index is 2140. The van der Waals surface area contributed by atoms with Crippen LogP contribution in [0, 0.1) is 3.57 Å². The first kappa shape index (κ1) is 36.9. The summed E-state index contributed by atoms with van der Waals surface area (Å²) in [5.41, 5.74) is 2.17. The Balaban J connectivity index is 1.66. The summed E-state index contributed by atoms with van der Waals surface area (Å²) >= 11 is 9.75. The Morgan fingerprint density at radius 1 is 1.00 bits per heavy atom. The van der Waals surface area contributed by atoms with Gasteiger partial charge in [-0.2, -0.15) is 0 Å². The van der Waals surface area contributed by atoms with Gasteiger partial charge in [-0.3, -0.25) is 9.36 Å². The third-order valence-electron chi connectivity index (χ3n) is 7.56. The van der Waals surface area contributed by atoms with Crippen LogP contribution < -0.4 is 33.8 Å². The number of allylic oxidation sites excluding steroid dienone is 1. The fourth-order valence-corrected chi connectivity index (χ4v) is 7.14. The summed E-state index contributed by atoms with van der Waals surface area (Å²) in [5, 5.41) is 0.565. The number of aromatic nitrogens is 1. The summed E-state index contributed by atoms with van der Waals surface area (Å²) in [5.74, 6) is 0.371. The lowest BCUT2D eigenvalue weighted by Gasteiger charge is -2.25. The first-order valence-electron chi connectivity index (χ1n) is 15.5. The molecule has 14 heteroatoms. The van der Waals surface area contributed by atoms with E-state index < -0.39 is 18.0 Å². The Kier molecular flexibility index (Phi) is 12.2. The highest BCUT2D eigenvalue weighted by Crippen LogP contribution is 2.37. The molecule has 0 saturated heterocycles. The van der Waals surface area contributed by atoms with Gasteiger partial charge in [-0.1, -0.05) is 47.2 Å². The summed E-state index contributed by atoms with van der Waals surface area (Å²) < 4.78 is 36.3. The number of nitrogens with zero attached hydrogens (tertiary/aromatic N) is 2. The van der Waals surface area contributed by atoms with Crippen molar-refractivity contribution in [2.75, 3.05) is 34.0 Å². The SMILES string of the molecule is CCOC(=O)C1=C(C)N=c2s/c(=C/c3cc(I)cc(OC)c3OCc3ccccc3Cl)c(=O)n2[C@@H]1c1ccc(OCC(=O)OC)c(OCC)c1. The molecule has 3 aromatic carbocycles. The minimum absolute atomic E-state index is 0.128. The Morgan fingerprint density at radius 2 is 1.78 bits per heavy atom. The van der Waals surface area contributed by atoms with Crippen molar-refractivity contribution in [3.05, 3.63) is 111 Å². The minimum Gasteiger partial charge on any atom is -0.493 e.